The third-order valence-electron chi connectivity index (χ3n) is 5.78. The molecule has 2 heterocycles. The zero-order valence-electron chi connectivity index (χ0n) is 19.4. The molecule has 4 aromatic rings. The summed E-state index contributed by atoms with van der Waals surface area (Å²) < 4.78 is 12.9. The minimum Gasteiger partial charge on any atom is -0.507 e. The summed E-state index contributed by atoms with van der Waals surface area (Å²) in [5.41, 5.74) is 6.31. The van der Waals surface area contributed by atoms with Crippen LogP contribution in [0.2, 0.25) is 0 Å². The molecule has 4 rings (SSSR count). The summed E-state index contributed by atoms with van der Waals surface area (Å²) in [6, 6.07) is 11.5. The van der Waals surface area contributed by atoms with Crippen molar-refractivity contribution >= 4 is 5.65 Å². The Bertz CT molecular complexity index is 1250. The lowest BCUT2D eigenvalue weighted by molar-refractivity contribution is 0.400. The Balaban J connectivity index is 2.06. The van der Waals surface area contributed by atoms with Crippen LogP contribution in [0.1, 0.15) is 50.7 Å². The van der Waals surface area contributed by atoms with Crippen LogP contribution < -0.4 is 9.47 Å². The van der Waals surface area contributed by atoms with Gasteiger partial charge in [0.2, 0.25) is 0 Å². The number of nitrogens with zero attached hydrogens (tertiary/aromatic N) is 3. The van der Waals surface area contributed by atoms with Crippen molar-refractivity contribution in [2.24, 2.45) is 0 Å². The maximum absolute atomic E-state index is 10.9. The van der Waals surface area contributed by atoms with E-state index in [0.29, 0.717) is 17.0 Å². The van der Waals surface area contributed by atoms with Crippen molar-refractivity contribution < 1.29 is 14.6 Å². The number of methoxy groups -OCH3 is 2. The molecular weight excluding hydrogens is 402 g/mol. The van der Waals surface area contributed by atoms with Gasteiger partial charge >= 0.3 is 0 Å². The molecule has 0 aliphatic heterocycles. The molecule has 32 heavy (non-hydrogen) atoms. The standard InChI is InChI=1S/C26H29N3O3/c1-15(2)20-11-17(12-21(16(3)4)26(20)32-6)22-14-27-24-9-10-28-29(24)25(22)19-8-7-18(31-5)13-23(19)30/h7-16,30H,1-6H3. The average molecular weight is 432 g/mol. The van der Waals surface area contributed by atoms with Gasteiger partial charge in [-0.1, -0.05) is 27.7 Å². The molecule has 0 atom stereocenters. The van der Waals surface area contributed by atoms with E-state index in [4.69, 9.17) is 9.47 Å². The molecule has 6 heteroatoms. The number of hydrogen-bond donors (Lipinski definition) is 1. The van der Waals surface area contributed by atoms with Gasteiger partial charge in [0.1, 0.15) is 17.2 Å². The van der Waals surface area contributed by atoms with Gasteiger partial charge in [-0.15, -0.1) is 0 Å². The Morgan fingerprint density at radius 2 is 1.56 bits per heavy atom. The number of benzene rings is 2. The van der Waals surface area contributed by atoms with E-state index in [1.165, 1.54) is 0 Å². The Morgan fingerprint density at radius 1 is 0.875 bits per heavy atom. The molecule has 0 aliphatic rings. The summed E-state index contributed by atoms with van der Waals surface area (Å²) in [4.78, 5) is 4.62. The van der Waals surface area contributed by atoms with Crippen molar-refractivity contribution in [1.82, 2.24) is 14.6 Å². The second kappa shape index (κ2) is 8.54. The van der Waals surface area contributed by atoms with E-state index in [0.717, 1.165) is 33.7 Å². The van der Waals surface area contributed by atoms with E-state index < -0.39 is 0 Å². The van der Waals surface area contributed by atoms with Gasteiger partial charge in [-0.25, -0.2) is 9.50 Å². The molecular formula is C26H29N3O3. The maximum Gasteiger partial charge on any atom is 0.155 e. The molecule has 0 bridgehead atoms. The van der Waals surface area contributed by atoms with Crippen molar-refractivity contribution in [1.29, 1.82) is 0 Å². The van der Waals surface area contributed by atoms with Crippen molar-refractivity contribution in [2.45, 2.75) is 39.5 Å². The normalized spacial score (nSPS) is 11.5. The minimum absolute atomic E-state index is 0.121. The number of hydrogen-bond acceptors (Lipinski definition) is 5. The quantitative estimate of drug-likeness (QED) is 0.403. The fraction of sp³-hybridized carbons (Fsp3) is 0.308. The van der Waals surface area contributed by atoms with Gasteiger partial charge in [0.05, 0.1) is 26.1 Å². The van der Waals surface area contributed by atoms with Crippen molar-refractivity contribution in [2.75, 3.05) is 14.2 Å². The summed E-state index contributed by atoms with van der Waals surface area (Å²) in [7, 11) is 3.31. The van der Waals surface area contributed by atoms with Crippen LogP contribution in [0.5, 0.6) is 17.2 Å². The van der Waals surface area contributed by atoms with Gasteiger partial charge in [0, 0.05) is 29.5 Å². The fourth-order valence-electron chi connectivity index (χ4n) is 4.10. The Hall–Kier alpha value is -3.54. The van der Waals surface area contributed by atoms with E-state index >= 15 is 0 Å². The van der Waals surface area contributed by atoms with Crippen LogP contribution in [0, 0.1) is 0 Å². The summed E-state index contributed by atoms with van der Waals surface area (Å²) in [6.45, 7) is 8.65. The van der Waals surface area contributed by atoms with Crippen LogP contribution in [-0.4, -0.2) is 33.9 Å². The number of aromatic nitrogens is 3. The zero-order valence-corrected chi connectivity index (χ0v) is 19.4. The molecule has 6 nitrogen and oxygen atoms in total. The number of ether oxygens (including phenoxy) is 2. The predicted octanol–water partition coefficient (Wildman–Crippen LogP) is 6.03. The topological polar surface area (TPSA) is 68.9 Å². The van der Waals surface area contributed by atoms with Crippen LogP contribution in [-0.2, 0) is 0 Å². The van der Waals surface area contributed by atoms with Crippen molar-refractivity contribution in [3.8, 4) is 39.6 Å². The number of aromatic hydroxyl groups is 1. The van der Waals surface area contributed by atoms with Gasteiger partial charge in [-0.2, -0.15) is 5.10 Å². The molecule has 0 spiro atoms. The summed E-state index contributed by atoms with van der Waals surface area (Å²) >= 11 is 0. The summed E-state index contributed by atoms with van der Waals surface area (Å²) in [6.07, 6.45) is 3.56. The monoisotopic (exact) mass is 431 g/mol. The van der Waals surface area contributed by atoms with Gasteiger partial charge in [0.15, 0.2) is 5.65 Å². The largest absolute Gasteiger partial charge is 0.507 e. The average Bonchev–Trinajstić information content (AvgIpc) is 3.26. The lowest BCUT2D eigenvalue weighted by Crippen LogP contribution is -2.04. The first-order chi connectivity index (χ1) is 15.3. The molecule has 0 radical (unpaired) electrons. The first-order valence-electron chi connectivity index (χ1n) is 10.8. The van der Waals surface area contributed by atoms with E-state index in [1.807, 2.05) is 24.4 Å². The lowest BCUT2D eigenvalue weighted by atomic mass is 9.88. The molecule has 1 N–H and O–H groups in total. The fourth-order valence-corrected chi connectivity index (χ4v) is 4.10. The highest BCUT2D eigenvalue weighted by Crippen LogP contribution is 2.42. The number of phenols is 1. The van der Waals surface area contributed by atoms with Crippen LogP contribution in [0.15, 0.2) is 48.8 Å². The van der Waals surface area contributed by atoms with Crippen LogP contribution in [0.25, 0.3) is 28.0 Å². The van der Waals surface area contributed by atoms with Gasteiger partial charge in [0.25, 0.3) is 0 Å². The third-order valence-corrected chi connectivity index (χ3v) is 5.78. The molecule has 2 aromatic heterocycles. The van der Waals surface area contributed by atoms with Crippen LogP contribution in [0.4, 0.5) is 0 Å². The molecule has 0 saturated heterocycles. The van der Waals surface area contributed by atoms with E-state index in [9.17, 15) is 5.11 Å². The van der Waals surface area contributed by atoms with Crippen molar-refractivity contribution in [3.05, 3.63) is 59.9 Å². The number of fused-ring (bicyclic) bond motifs is 1. The third kappa shape index (κ3) is 3.66. The highest BCUT2D eigenvalue weighted by Gasteiger charge is 2.22. The minimum atomic E-state index is 0.121. The van der Waals surface area contributed by atoms with Crippen molar-refractivity contribution in [3.63, 3.8) is 0 Å². The van der Waals surface area contributed by atoms with Crippen LogP contribution in [0.3, 0.4) is 0 Å². The molecule has 0 unspecified atom stereocenters. The summed E-state index contributed by atoms with van der Waals surface area (Å²) in [5, 5.41) is 15.4. The SMILES string of the molecule is COc1ccc(-c2c(-c3cc(C(C)C)c(OC)c(C(C)C)c3)cnc3ccnn23)c(O)c1. The second-order valence-corrected chi connectivity index (χ2v) is 8.50. The Labute approximate surface area is 188 Å². The van der Waals surface area contributed by atoms with Gasteiger partial charge < -0.3 is 14.6 Å². The smallest absolute Gasteiger partial charge is 0.155 e. The zero-order chi connectivity index (χ0) is 23.0. The molecule has 0 amide bonds. The second-order valence-electron chi connectivity index (χ2n) is 8.50. The lowest BCUT2D eigenvalue weighted by Gasteiger charge is -2.21. The van der Waals surface area contributed by atoms with Crippen LogP contribution >= 0.6 is 0 Å². The van der Waals surface area contributed by atoms with E-state index in [2.05, 4.69) is 49.9 Å². The number of rotatable bonds is 6. The van der Waals surface area contributed by atoms with Gasteiger partial charge in [-0.3, -0.25) is 0 Å². The van der Waals surface area contributed by atoms with E-state index in [-0.39, 0.29) is 17.6 Å². The molecule has 2 aromatic carbocycles. The molecule has 0 fully saturated rings. The maximum atomic E-state index is 10.9. The van der Waals surface area contributed by atoms with Gasteiger partial charge in [-0.05, 0) is 52.8 Å². The predicted molar refractivity (Wildman–Crippen MR) is 127 cm³/mol. The summed E-state index contributed by atoms with van der Waals surface area (Å²) in [5.74, 6) is 2.20. The molecule has 0 aliphatic carbocycles. The molecule has 0 saturated carbocycles. The van der Waals surface area contributed by atoms with E-state index in [1.54, 1.807) is 31.0 Å². The first-order valence-corrected chi connectivity index (χ1v) is 10.8. The first kappa shape index (κ1) is 21.7. The Kier molecular flexibility index (Phi) is 5.78. The molecule has 166 valence electrons. The highest BCUT2D eigenvalue weighted by molar-refractivity contribution is 5.85. The highest BCUT2D eigenvalue weighted by atomic mass is 16.5. The number of phenolic OH excluding ortho intramolecular Hbond substituents is 1. The Morgan fingerprint density at radius 3 is 2.12 bits per heavy atom.